The molecule has 0 unspecified atom stereocenters. The lowest BCUT2D eigenvalue weighted by atomic mass is 9.75. The number of nitrogens with zero attached hydrogens (tertiary/aromatic N) is 1. The van der Waals surface area contributed by atoms with Crippen LogP contribution < -0.4 is 10.6 Å². The van der Waals surface area contributed by atoms with Crippen molar-refractivity contribution in [3.05, 3.63) is 71.5 Å². The van der Waals surface area contributed by atoms with E-state index in [4.69, 9.17) is 0 Å². The third kappa shape index (κ3) is 4.56. The highest BCUT2D eigenvalue weighted by Crippen LogP contribution is 2.40. The van der Waals surface area contributed by atoms with E-state index in [0.717, 1.165) is 12.0 Å². The van der Waals surface area contributed by atoms with Crippen LogP contribution in [0.5, 0.6) is 0 Å². The van der Waals surface area contributed by atoms with Crippen molar-refractivity contribution in [2.75, 3.05) is 19.7 Å². The van der Waals surface area contributed by atoms with Crippen LogP contribution in [-0.4, -0.2) is 53.7 Å². The largest absolute Gasteiger partial charge is 0.394 e. The van der Waals surface area contributed by atoms with Gasteiger partial charge in [-0.05, 0) is 36.2 Å². The second-order valence-corrected chi connectivity index (χ2v) is 7.11. The second-order valence-electron chi connectivity index (χ2n) is 7.11. The molecular weight excluding hydrogens is 373 g/mol. The normalized spacial score (nSPS) is 20.7. The molecule has 2 aromatic rings. The van der Waals surface area contributed by atoms with Gasteiger partial charge in [-0.3, -0.25) is 4.79 Å². The maximum atomic E-state index is 13.1. The van der Waals surface area contributed by atoms with E-state index in [-0.39, 0.29) is 43.1 Å². The molecule has 1 aliphatic rings. The summed E-state index contributed by atoms with van der Waals surface area (Å²) in [6.45, 7) is 2.57. The molecular formula is C22H26FN3O3. The molecule has 1 saturated heterocycles. The van der Waals surface area contributed by atoms with E-state index in [1.807, 2.05) is 37.3 Å². The van der Waals surface area contributed by atoms with Gasteiger partial charge in [0.15, 0.2) is 0 Å². The zero-order valence-corrected chi connectivity index (χ0v) is 16.3. The summed E-state index contributed by atoms with van der Waals surface area (Å²) in [6, 6.07) is 14.1. The number of halogens is 1. The Labute approximate surface area is 169 Å². The Morgan fingerprint density at radius 1 is 1.03 bits per heavy atom. The third-order valence-electron chi connectivity index (χ3n) is 5.25. The molecule has 3 atom stereocenters. The summed E-state index contributed by atoms with van der Waals surface area (Å²) in [5, 5.41) is 15.6. The molecule has 1 heterocycles. The number of carbonyl (C=O) groups is 2. The van der Waals surface area contributed by atoms with Gasteiger partial charge in [-0.15, -0.1) is 0 Å². The molecule has 0 saturated carbocycles. The van der Waals surface area contributed by atoms with Crippen LogP contribution in [0.3, 0.4) is 0 Å². The fraction of sp³-hybridized carbons (Fsp3) is 0.364. The van der Waals surface area contributed by atoms with E-state index in [1.54, 1.807) is 4.90 Å². The Hall–Kier alpha value is -2.93. The lowest BCUT2D eigenvalue weighted by molar-refractivity contribution is -0.00687. The molecule has 6 nitrogen and oxygen atoms in total. The molecule has 3 amide bonds. The standard InChI is InChI=1S/C22H26FN3O3/c1-2-12-24-22(29)26-18(13-25-21(28)16-8-10-17(23)11-9-16)20(19(26)14-27)15-6-4-3-5-7-15/h3-11,18-20,27H,2,12-14H2,1H3,(H,24,29)(H,25,28)/t18-,19+,20-/m0/s1. The van der Waals surface area contributed by atoms with Crippen LogP contribution in [0.15, 0.2) is 54.6 Å². The summed E-state index contributed by atoms with van der Waals surface area (Å²) >= 11 is 0. The number of nitrogens with one attached hydrogen (secondary N) is 2. The molecule has 0 spiro atoms. The van der Waals surface area contributed by atoms with Gasteiger partial charge in [-0.1, -0.05) is 37.3 Å². The van der Waals surface area contributed by atoms with Crippen LogP contribution in [0.1, 0.15) is 35.2 Å². The SMILES string of the molecule is CCCNC(=O)N1[C@H](CO)[C@@H](c2ccccc2)[C@@H]1CNC(=O)c1ccc(F)cc1. The lowest BCUT2D eigenvalue weighted by Crippen LogP contribution is -2.70. The van der Waals surface area contributed by atoms with Gasteiger partial charge in [-0.2, -0.15) is 0 Å². The van der Waals surface area contributed by atoms with E-state index in [2.05, 4.69) is 10.6 Å². The summed E-state index contributed by atoms with van der Waals surface area (Å²) < 4.78 is 13.1. The number of amides is 3. The molecule has 3 rings (SSSR count). The monoisotopic (exact) mass is 399 g/mol. The second kappa shape index (κ2) is 9.52. The van der Waals surface area contributed by atoms with Gasteiger partial charge >= 0.3 is 6.03 Å². The molecule has 0 radical (unpaired) electrons. The van der Waals surface area contributed by atoms with Crippen molar-refractivity contribution in [3.8, 4) is 0 Å². The predicted molar refractivity (Wildman–Crippen MR) is 108 cm³/mol. The average Bonchev–Trinajstić information content (AvgIpc) is 2.72. The number of likely N-dealkylation sites (tertiary alicyclic amines) is 1. The lowest BCUT2D eigenvalue weighted by Gasteiger charge is -2.54. The van der Waals surface area contributed by atoms with Crippen molar-refractivity contribution in [2.24, 2.45) is 0 Å². The quantitative estimate of drug-likeness (QED) is 0.669. The Morgan fingerprint density at radius 2 is 1.72 bits per heavy atom. The number of hydrogen-bond donors (Lipinski definition) is 3. The van der Waals surface area contributed by atoms with Crippen molar-refractivity contribution >= 4 is 11.9 Å². The van der Waals surface area contributed by atoms with Crippen molar-refractivity contribution in [2.45, 2.75) is 31.3 Å². The minimum Gasteiger partial charge on any atom is -0.394 e. The first-order valence-corrected chi connectivity index (χ1v) is 9.82. The molecule has 154 valence electrons. The topological polar surface area (TPSA) is 81.7 Å². The summed E-state index contributed by atoms with van der Waals surface area (Å²) in [7, 11) is 0. The molecule has 7 heteroatoms. The minimum atomic E-state index is -0.408. The first-order chi connectivity index (χ1) is 14.1. The van der Waals surface area contributed by atoms with Crippen molar-refractivity contribution < 1.29 is 19.1 Å². The molecule has 0 aromatic heterocycles. The maximum Gasteiger partial charge on any atom is 0.318 e. The van der Waals surface area contributed by atoms with Gasteiger partial charge in [-0.25, -0.2) is 9.18 Å². The van der Waals surface area contributed by atoms with Gasteiger partial charge in [0.25, 0.3) is 5.91 Å². The molecule has 0 bridgehead atoms. The van der Waals surface area contributed by atoms with Crippen LogP contribution >= 0.6 is 0 Å². The van der Waals surface area contributed by atoms with E-state index < -0.39 is 5.82 Å². The van der Waals surface area contributed by atoms with Crippen LogP contribution in [0.25, 0.3) is 0 Å². The molecule has 2 aromatic carbocycles. The van der Waals surface area contributed by atoms with Crippen LogP contribution in [0, 0.1) is 5.82 Å². The van der Waals surface area contributed by atoms with Crippen molar-refractivity contribution in [1.29, 1.82) is 0 Å². The predicted octanol–water partition coefficient (Wildman–Crippen LogP) is 2.50. The first-order valence-electron chi connectivity index (χ1n) is 9.82. The van der Waals surface area contributed by atoms with Gasteiger partial charge < -0.3 is 20.6 Å². The smallest absolute Gasteiger partial charge is 0.318 e. The minimum absolute atomic E-state index is 0.0953. The van der Waals surface area contributed by atoms with Crippen LogP contribution in [0.2, 0.25) is 0 Å². The maximum absolute atomic E-state index is 13.1. The van der Waals surface area contributed by atoms with Gasteiger partial charge in [0.05, 0.1) is 18.7 Å². The zero-order valence-electron chi connectivity index (χ0n) is 16.3. The summed E-state index contributed by atoms with van der Waals surface area (Å²) in [5.74, 6) is -0.838. The molecule has 1 fully saturated rings. The summed E-state index contributed by atoms with van der Waals surface area (Å²) in [6.07, 6.45) is 0.803. The highest BCUT2D eigenvalue weighted by atomic mass is 19.1. The van der Waals surface area contributed by atoms with Gasteiger partial charge in [0.2, 0.25) is 0 Å². The number of hydrogen-bond acceptors (Lipinski definition) is 3. The molecule has 1 aliphatic heterocycles. The van der Waals surface area contributed by atoms with Crippen LogP contribution in [0.4, 0.5) is 9.18 Å². The number of aliphatic hydroxyl groups is 1. The van der Waals surface area contributed by atoms with E-state index in [1.165, 1.54) is 24.3 Å². The van der Waals surface area contributed by atoms with Crippen LogP contribution in [-0.2, 0) is 0 Å². The fourth-order valence-electron chi connectivity index (χ4n) is 3.82. The highest BCUT2D eigenvalue weighted by Gasteiger charge is 2.51. The number of urea groups is 1. The summed E-state index contributed by atoms with van der Waals surface area (Å²) in [4.78, 5) is 26.7. The molecule has 29 heavy (non-hydrogen) atoms. The fourth-order valence-corrected chi connectivity index (χ4v) is 3.82. The number of rotatable bonds is 7. The van der Waals surface area contributed by atoms with Crippen molar-refractivity contribution in [1.82, 2.24) is 15.5 Å². The highest BCUT2D eigenvalue weighted by molar-refractivity contribution is 5.94. The number of aliphatic hydroxyl groups excluding tert-OH is 1. The Bertz CT molecular complexity index is 829. The van der Waals surface area contributed by atoms with E-state index in [0.29, 0.717) is 12.1 Å². The van der Waals surface area contributed by atoms with E-state index >= 15 is 0 Å². The third-order valence-corrected chi connectivity index (χ3v) is 5.25. The van der Waals surface area contributed by atoms with Gasteiger partial charge in [0.1, 0.15) is 5.82 Å². The van der Waals surface area contributed by atoms with E-state index in [9.17, 15) is 19.1 Å². The Morgan fingerprint density at radius 3 is 2.34 bits per heavy atom. The number of carbonyl (C=O) groups excluding carboxylic acids is 2. The Balaban J connectivity index is 1.76. The molecule has 3 N–H and O–H groups in total. The first kappa shape index (κ1) is 20.8. The number of benzene rings is 2. The average molecular weight is 399 g/mol. The summed E-state index contributed by atoms with van der Waals surface area (Å²) in [5.41, 5.74) is 1.36. The van der Waals surface area contributed by atoms with Gasteiger partial charge in [0, 0.05) is 24.6 Å². The Kier molecular flexibility index (Phi) is 6.82. The zero-order chi connectivity index (χ0) is 20.8. The molecule has 0 aliphatic carbocycles. The van der Waals surface area contributed by atoms with Crippen molar-refractivity contribution in [3.63, 3.8) is 0 Å².